The zero-order chi connectivity index (χ0) is 23.1. The van der Waals surface area contributed by atoms with Gasteiger partial charge in [-0.3, -0.25) is 0 Å². The van der Waals surface area contributed by atoms with Gasteiger partial charge in [-0.25, -0.2) is 19.7 Å². The largest absolute Gasteiger partial charge is 0.528 e. The number of carbonyl (C=O) groups excluding carboxylic acids is 1. The molecule has 0 aromatic carbocycles. The van der Waals surface area contributed by atoms with Gasteiger partial charge in [-0.2, -0.15) is 5.26 Å². The topological polar surface area (TPSA) is 122 Å². The second kappa shape index (κ2) is 10.5. The van der Waals surface area contributed by atoms with E-state index in [0.29, 0.717) is 37.4 Å². The summed E-state index contributed by atoms with van der Waals surface area (Å²) in [7, 11) is 0. The Morgan fingerprint density at radius 1 is 1.25 bits per heavy atom. The van der Waals surface area contributed by atoms with Crippen LogP contribution in [-0.2, 0) is 9.57 Å². The first kappa shape index (κ1) is 23.6. The first-order chi connectivity index (χ1) is 15.3. The van der Waals surface area contributed by atoms with Gasteiger partial charge in [-0.05, 0) is 39.2 Å². The lowest BCUT2D eigenvalue weighted by atomic mass is 10.1. The van der Waals surface area contributed by atoms with Crippen molar-refractivity contribution >= 4 is 29.4 Å². The van der Waals surface area contributed by atoms with Crippen LogP contribution in [0.3, 0.4) is 0 Å². The van der Waals surface area contributed by atoms with Crippen LogP contribution in [0.1, 0.15) is 39.2 Å². The molecule has 3 rings (SSSR count). The second-order valence-electron chi connectivity index (χ2n) is 8.03. The summed E-state index contributed by atoms with van der Waals surface area (Å²) < 4.78 is 11.2. The number of nitrogens with one attached hydrogen (secondary N) is 1. The summed E-state index contributed by atoms with van der Waals surface area (Å²) >= 11 is 1.54. The molecule has 3 heterocycles. The van der Waals surface area contributed by atoms with E-state index < -0.39 is 11.8 Å². The number of hydroxylamine groups is 2. The fourth-order valence-corrected chi connectivity index (χ4v) is 3.30. The monoisotopic (exact) mass is 458 g/mol. The zero-order valence-electron chi connectivity index (χ0n) is 18.5. The van der Waals surface area contributed by atoms with Crippen LogP contribution in [0, 0.1) is 11.3 Å². The molecule has 32 heavy (non-hydrogen) atoms. The summed E-state index contributed by atoms with van der Waals surface area (Å²) in [5.74, 6) is 0.562. The molecule has 0 unspecified atom stereocenters. The van der Waals surface area contributed by atoms with Gasteiger partial charge in [0.05, 0.1) is 16.9 Å². The number of thioether (sulfide) groups is 1. The van der Waals surface area contributed by atoms with Crippen LogP contribution in [-0.4, -0.2) is 57.2 Å². The Hall–Kier alpha value is -3.10. The fraction of sp³-hybridized carbons (Fsp3) is 0.476. The van der Waals surface area contributed by atoms with Crippen molar-refractivity contribution in [1.82, 2.24) is 20.0 Å². The molecule has 1 N–H and O–H groups in total. The molecule has 10 nitrogen and oxygen atoms in total. The van der Waals surface area contributed by atoms with Gasteiger partial charge in [0.2, 0.25) is 5.88 Å². The van der Waals surface area contributed by atoms with Gasteiger partial charge in [-0.15, -0.1) is 16.8 Å². The van der Waals surface area contributed by atoms with Gasteiger partial charge in [0.25, 0.3) is 0 Å². The average Bonchev–Trinajstić information content (AvgIpc) is 2.74. The van der Waals surface area contributed by atoms with E-state index in [1.54, 1.807) is 43.8 Å². The maximum absolute atomic E-state index is 11.8. The van der Waals surface area contributed by atoms with Gasteiger partial charge in [0, 0.05) is 25.9 Å². The van der Waals surface area contributed by atoms with E-state index in [1.807, 2.05) is 18.4 Å². The highest BCUT2D eigenvalue weighted by Gasteiger charge is 2.27. The van der Waals surface area contributed by atoms with E-state index in [2.05, 4.69) is 26.3 Å². The first-order valence-electron chi connectivity index (χ1n) is 10.1. The molecule has 0 saturated carbocycles. The predicted octanol–water partition coefficient (Wildman–Crippen LogP) is 3.92. The van der Waals surface area contributed by atoms with Crippen LogP contribution >= 0.6 is 11.8 Å². The van der Waals surface area contributed by atoms with Gasteiger partial charge < -0.3 is 19.6 Å². The summed E-state index contributed by atoms with van der Waals surface area (Å²) in [4.78, 5) is 29.7. The number of hydrogen-bond acceptors (Lipinski definition) is 11. The fourth-order valence-electron chi connectivity index (χ4n) is 2.94. The number of nitrogens with zero attached hydrogens (tertiary/aromatic N) is 5. The summed E-state index contributed by atoms with van der Waals surface area (Å²) in [6, 6.07) is 5.86. The quantitative estimate of drug-likeness (QED) is 0.500. The van der Waals surface area contributed by atoms with E-state index in [4.69, 9.17) is 14.3 Å². The minimum atomic E-state index is -0.727. The molecule has 0 spiro atoms. The average molecular weight is 459 g/mol. The molecule has 1 fully saturated rings. The normalized spacial score (nSPS) is 15.0. The number of piperidine rings is 1. The van der Waals surface area contributed by atoms with Crippen molar-refractivity contribution in [2.75, 3.05) is 24.7 Å². The standard InChI is InChI=1S/C21H26N6O4S/c1-21(2,3)30-20(28)31-27-9-7-15(8-10-27)29-19-16(11-22)18(24-13-25-19)26-14-5-6-17(32-4)23-12-14/h5-6,12-13,15H,7-10H2,1-4H3,(H,24,25,26). The van der Waals surface area contributed by atoms with E-state index in [9.17, 15) is 10.1 Å². The Bertz CT molecular complexity index is 966. The number of ether oxygens (including phenoxy) is 2. The number of carbonyl (C=O) groups is 1. The van der Waals surface area contributed by atoms with E-state index in [0.717, 1.165) is 5.03 Å². The molecule has 0 atom stereocenters. The van der Waals surface area contributed by atoms with Crippen LogP contribution < -0.4 is 10.1 Å². The Labute approximate surface area is 191 Å². The third kappa shape index (κ3) is 6.70. The molecule has 170 valence electrons. The molecule has 0 bridgehead atoms. The van der Waals surface area contributed by atoms with E-state index in [-0.39, 0.29) is 17.5 Å². The third-order valence-corrected chi connectivity index (χ3v) is 5.06. The molecule has 0 radical (unpaired) electrons. The summed E-state index contributed by atoms with van der Waals surface area (Å²) in [5, 5.41) is 15.2. The van der Waals surface area contributed by atoms with Crippen molar-refractivity contribution in [2.24, 2.45) is 0 Å². The maximum atomic E-state index is 11.8. The van der Waals surface area contributed by atoms with Crippen molar-refractivity contribution < 1.29 is 19.1 Å². The number of rotatable bonds is 6. The highest BCUT2D eigenvalue weighted by Crippen LogP contribution is 2.27. The Morgan fingerprint density at radius 2 is 2.00 bits per heavy atom. The van der Waals surface area contributed by atoms with Crippen LogP contribution in [0.5, 0.6) is 5.88 Å². The van der Waals surface area contributed by atoms with Gasteiger partial charge in [0.15, 0.2) is 11.4 Å². The third-order valence-electron chi connectivity index (χ3n) is 4.40. The van der Waals surface area contributed by atoms with Crippen LogP contribution in [0.15, 0.2) is 29.7 Å². The predicted molar refractivity (Wildman–Crippen MR) is 119 cm³/mol. The van der Waals surface area contributed by atoms with Crippen molar-refractivity contribution in [1.29, 1.82) is 5.26 Å². The molecular weight excluding hydrogens is 432 g/mol. The minimum absolute atomic E-state index is 0.175. The summed E-state index contributed by atoms with van der Waals surface area (Å²) in [6.45, 7) is 6.30. The van der Waals surface area contributed by atoms with Crippen LogP contribution in [0.25, 0.3) is 0 Å². The van der Waals surface area contributed by atoms with Gasteiger partial charge >= 0.3 is 6.16 Å². The smallest absolute Gasteiger partial charge is 0.473 e. The summed E-state index contributed by atoms with van der Waals surface area (Å²) in [5.41, 5.74) is 0.309. The highest BCUT2D eigenvalue weighted by atomic mass is 32.2. The number of nitriles is 1. The number of aromatic nitrogens is 3. The minimum Gasteiger partial charge on any atom is -0.473 e. The number of anilines is 2. The Kier molecular flexibility index (Phi) is 7.71. The molecule has 1 aliphatic heterocycles. The highest BCUT2D eigenvalue weighted by molar-refractivity contribution is 7.98. The maximum Gasteiger partial charge on any atom is 0.528 e. The molecular formula is C21H26N6O4S. The van der Waals surface area contributed by atoms with Gasteiger partial charge in [0.1, 0.15) is 24.1 Å². The Morgan fingerprint density at radius 3 is 2.59 bits per heavy atom. The Balaban J connectivity index is 1.59. The zero-order valence-corrected chi connectivity index (χ0v) is 19.3. The van der Waals surface area contributed by atoms with Crippen LogP contribution in [0.4, 0.5) is 16.3 Å². The molecule has 1 aliphatic rings. The molecule has 11 heteroatoms. The molecule has 2 aromatic rings. The second-order valence-corrected chi connectivity index (χ2v) is 8.86. The lowest BCUT2D eigenvalue weighted by molar-refractivity contribution is -0.159. The summed E-state index contributed by atoms with van der Waals surface area (Å²) in [6.07, 6.45) is 5.27. The van der Waals surface area contributed by atoms with Crippen molar-refractivity contribution in [3.63, 3.8) is 0 Å². The van der Waals surface area contributed by atoms with Crippen molar-refractivity contribution in [2.45, 2.75) is 50.3 Å². The van der Waals surface area contributed by atoms with Crippen molar-refractivity contribution in [3.05, 3.63) is 30.2 Å². The number of pyridine rings is 1. The SMILES string of the molecule is CSc1ccc(Nc2ncnc(OC3CCN(OC(=O)OC(C)(C)C)CC3)c2C#N)cn1. The molecule has 2 aromatic heterocycles. The lowest BCUT2D eigenvalue weighted by Crippen LogP contribution is -2.40. The first-order valence-corrected chi connectivity index (χ1v) is 11.3. The molecule has 0 amide bonds. The lowest BCUT2D eigenvalue weighted by Gasteiger charge is -2.31. The molecule has 1 saturated heterocycles. The van der Waals surface area contributed by atoms with Crippen LogP contribution in [0.2, 0.25) is 0 Å². The molecule has 0 aliphatic carbocycles. The van der Waals surface area contributed by atoms with E-state index >= 15 is 0 Å². The van der Waals surface area contributed by atoms with Crippen molar-refractivity contribution in [3.8, 4) is 11.9 Å². The van der Waals surface area contributed by atoms with E-state index in [1.165, 1.54) is 6.33 Å². The number of hydrogen-bond donors (Lipinski definition) is 1. The van der Waals surface area contributed by atoms with Gasteiger partial charge in [-0.1, -0.05) is 0 Å².